The summed E-state index contributed by atoms with van der Waals surface area (Å²) in [7, 11) is 0.0695. The number of rotatable bonds is 5. The summed E-state index contributed by atoms with van der Waals surface area (Å²) in [4.78, 5) is 2.36. The van der Waals surface area contributed by atoms with E-state index in [4.69, 9.17) is 9.47 Å². The molecule has 1 unspecified atom stereocenters. The zero-order valence-electron chi connectivity index (χ0n) is 11.8. The van der Waals surface area contributed by atoms with Crippen LogP contribution < -0.4 is 0 Å². The number of hydrogen-bond donors (Lipinski definition) is 0. The molecule has 1 spiro atoms. The minimum atomic E-state index is -3.09. The second kappa shape index (κ2) is 6.05. The van der Waals surface area contributed by atoms with Crippen molar-refractivity contribution in [1.82, 2.24) is 9.21 Å². The summed E-state index contributed by atoms with van der Waals surface area (Å²) >= 11 is 0. The van der Waals surface area contributed by atoms with Crippen molar-refractivity contribution < 1.29 is 17.9 Å². The SMILES string of the molecule is CN(C)S(=O)(=O)CCCN1CCOCC12CCOC2. The van der Waals surface area contributed by atoms with Gasteiger partial charge in [0.2, 0.25) is 10.0 Å². The van der Waals surface area contributed by atoms with Crippen molar-refractivity contribution in [2.45, 2.75) is 18.4 Å². The summed E-state index contributed by atoms with van der Waals surface area (Å²) in [5, 5.41) is 0. The molecule has 0 radical (unpaired) electrons. The van der Waals surface area contributed by atoms with Crippen LogP contribution in [0.25, 0.3) is 0 Å². The highest BCUT2D eigenvalue weighted by molar-refractivity contribution is 7.89. The summed E-state index contributed by atoms with van der Waals surface area (Å²) in [5.41, 5.74) is -0.0138. The first-order chi connectivity index (χ1) is 8.96. The topological polar surface area (TPSA) is 59.1 Å². The van der Waals surface area contributed by atoms with Crippen molar-refractivity contribution in [3.8, 4) is 0 Å². The van der Waals surface area contributed by atoms with E-state index in [2.05, 4.69) is 4.90 Å². The molecular weight excluding hydrogens is 268 g/mol. The van der Waals surface area contributed by atoms with Gasteiger partial charge in [-0.1, -0.05) is 0 Å². The molecule has 0 amide bonds. The fraction of sp³-hybridized carbons (Fsp3) is 1.00. The van der Waals surface area contributed by atoms with Gasteiger partial charge in [-0.25, -0.2) is 12.7 Å². The fourth-order valence-corrected chi connectivity index (χ4v) is 3.55. The van der Waals surface area contributed by atoms with Crippen molar-refractivity contribution in [1.29, 1.82) is 0 Å². The van der Waals surface area contributed by atoms with Crippen LogP contribution in [0, 0.1) is 0 Å². The third-order valence-corrected chi connectivity index (χ3v) is 5.93. The monoisotopic (exact) mass is 292 g/mol. The van der Waals surface area contributed by atoms with E-state index in [0.29, 0.717) is 19.6 Å². The molecule has 2 heterocycles. The zero-order valence-corrected chi connectivity index (χ0v) is 12.6. The number of morpholine rings is 1. The molecule has 19 heavy (non-hydrogen) atoms. The Bertz CT molecular complexity index is 391. The number of ether oxygens (including phenoxy) is 2. The van der Waals surface area contributed by atoms with Crippen LogP contribution in [-0.4, -0.2) is 82.5 Å². The fourth-order valence-electron chi connectivity index (χ4n) is 2.69. The van der Waals surface area contributed by atoms with Gasteiger partial charge in [-0.15, -0.1) is 0 Å². The molecule has 0 aromatic carbocycles. The minimum Gasteiger partial charge on any atom is -0.379 e. The van der Waals surface area contributed by atoms with Crippen LogP contribution in [0.3, 0.4) is 0 Å². The quantitative estimate of drug-likeness (QED) is 0.700. The molecule has 0 aliphatic carbocycles. The Hall–Kier alpha value is -0.210. The first-order valence-electron chi connectivity index (χ1n) is 6.77. The molecule has 0 bridgehead atoms. The van der Waals surface area contributed by atoms with Gasteiger partial charge in [-0.3, -0.25) is 4.90 Å². The van der Waals surface area contributed by atoms with E-state index < -0.39 is 10.0 Å². The van der Waals surface area contributed by atoms with E-state index in [0.717, 1.165) is 32.7 Å². The van der Waals surface area contributed by atoms with Crippen LogP contribution in [-0.2, 0) is 19.5 Å². The van der Waals surface area contributed by atoms with Crippen LogP contribution in [0.5, 0.6) is 0 Å². The van der Waals surface area contributed by atoms with Crippen LogP contribution in [0.2, 0.25) is 0 Å². The zero-order chi connectivity index (χ0) is 13.9. The van der Waals surface area contributed by atoms with E-state index in [9.17, 15) is 8.42 Å². The van der Waals surface area contributed by atoms with Crippen molar-refractivity contribution in [2.75, 3.05) is 59.4 Å². The maximum atomic E-state index is 11.7. The van der Waals surface area contributed by atoms with Gasteiger partial charge in [0, 0.05) is 27.2 Å². The molecule has 0 N–H and O–H groups in total. The molecular formula is C12H24N2O4S. The number of sulfonamides is 1. The Labute approximate surface area is 115 Å². The van der Waals surface area contributed by atoms with Gasteiger partial charge in [0.15, 0.2) is 0 Å². The standard InChI is InChI=1S/C12H24N2O4S/c1-13(2)19(15,16)9-3-5-14-6-8-18-11-12(14)4-7-17-10-12/h3-11H2,1-2H3. The van der Waals surface area contributed by atoms with E-state index >= 15 is 0 Å². The maximum absolute atomic E-state index is 11.7. The minimum absolute atomic E-state index is 0.0138. The van der Waals surface area contributed by atoms with E-state index in [1.165, 1.54) is 4.31 Å². The molecule has 2 fully saturated rings. The van der Waals surface area contributed by atoms with Crippen molar-refractivity contribution in [3.63, 3.8) is 0 Å². The Balaban J connectivity index is 1.87. The van der Waals surface area contributed by atoms with Crippen molar-refractivity contribution in [3.05, 3.63) is 0 Å². The van der Waals surface area contributed by atoms with Gasteiger partial charge >= 0.3 is 0 Å². The number of nitrogens with zero attached hydrogens (tertiary/aromatic N) is 2. The molecule has 2 aliphatic heterocycles. The third-order valence-electron chi connectivity index (χ3n) is 4.02. The molecule has 6 nitrogen and oxygen atoms in total. The Kier molecular flexibility index (Phi) is 4.84. The molecule has 1 atom stereocenters. The highest BCUT2D eigenvalue weighted by Crippen LogP contribution is 2.29. The lowest BCUT2D eigenvalue weighted by atomic mass is 9.95. The normalized spacial score (nSPS) is 29.4. The molecule has 2 rings (SSSR count). The second-order valence-corrected chi connectivity index (χ2v) is 7.82. The largest absolute Gasteiger partial charge is 0.379 e. The van der Waals surface area contributed by atoms with Crippen LogP contribution >= 0.6 is 0 Å². The summed E-state index contributed by atoms with van der Waals surface area (Å²) in [5.74, 6) is 0.203. The van der Waals surface area contributed by atoms with Crippen molar-refractivity contribution >= 4 is 10.0 Å². The molecule has 0 aromatic rings. The van der Waals surface area contributed by atoms with Crippen LogP contribution in [0.1, 0.15) is 12.8 Å². The smallest absolute Gasteiger partial charge is 0.213 e. The van der Waals surface area contributed by atoms with E-state index in [1.54, 1.807) is 14.1 Å². The van der Waals surface area contributed by atoms with Gasteiger partial charge in [0.25, 0.3) is 0 Å². The average Bonchev–Trinajstić information content (AvgIpc) is 2.81. The summed E-state index contributed by atoms with van der Waals surface area (Å²) < 4.78 is 35.9. The number of hydrogen-bond acceptors (Lipinski definition) is 5. The molecule has 2 saturated heterocycles. The Morgan fingerprint density at radius 3 is 2.53 bits per heavy atom. The molecule has 0 aromatic heterocycles. The lowest BCUT2D eigenvalue weighted by Gasteiger charge is -2.43. The highest BCUT2D eigenvalue weighted by Gasteiger charge is 2.42. The summed E-state index contributed by atoms with van der Waals surface area (Å²) in [6.45, 7) is 4.56. The Morgan fingerprint density at radius 2 is 1.89 bits per heavy atom. The average molecular weight is 292 g/mol. The van der Waals surface area contributed by atoms with Crippen LogP contribution in [0.15, 0.2) is 0 Å². The van der Waals surface area contributed by atoms with Gasteiger partial charge in [-0.2, -0.15) is 0 Å². The van der Waals surface area contributed by atoms with Gasteiger partial charge in [0.05, 0.1) is 31.1 Å². The summed E-state index contributed by atoms with van der Waals surface area (Å²) in [6, 6.07) is 0. The molecule has 112 valence electrons. The lowest BCUT2D eigenvalue weighted by molar-refractivity contribution is -0.0703. The second-order valence-electron chi connectivity index (χ2n) is 5.52. The first-order valence-corrected chi connectivity index (χ1v) is 8.38. The predicted molar refractivity (Wildman–Crippen MR) is 72.6 cm³/mol. The van der Waals surface area contributed by atoms with E-state index in [-0.39, 0.29) is 11.3 Å². The van der Waals surface area contributed by atoms with Crippen LogP contribution in [0.4, 0.5) is 0 Å². The van der Waals surface area contributed by atoms with Crippen molar-refractivity contribution in [2.24, 2.45) is 0 Å². The molecule has 7 heteroatoms. The third kappa shape index (κ3) is 3.46. The van der Waals surface area contributed by atoms with Gasteiger partial charge < -0.3 is 9.47 Å². The van der Waals surface area contributed by atoms with Gasteiger partial charge in [0.1, 0.15) is 0 Å². The van der Waals surface area contributed by atoms with E-state index in [1.807, 2.05) is 0 Å². The summed E-state index contributed by atoms with van der Waals surface area (Å²) in [6.07, 6.45) is 1.63. The maximum Gasteiger partial charge on any atom is 0.213 e. The molecule has 0 saturated carbocycles. The molecule has 2 aliphatic rings. The Morgan fingerprint density at radius 1 is 1.21 bits per heavy atom. The van der Waals surface area contributed by atoms with Gasteiger partial charge in [-0.05, 0) is 19.4 Å². The lowest BCUT2D eigenvalue weighted by Crippen LogP contribution is -2.57. The predicted octanol–water partition coefficient (Wildman–Crippen LogP) is -0.241. The first kappa shape index (κ1) is 15.2. The highest BCUT2D eigenvalue weighted by atomic mass is 32.2.